The Morgan fingerprint density at radius 3 is 3.11 bits per heavy atom. The van der Waals surface area contributed by atoms with E-state index in [-0.39, 0.29) is 11.5 Å². The van der Waals surface area contributed by atoms with E-state index in [9.17, 15) is 4.79 Å². The molecule has 27 heavy (non-hydrogen) atoms. The minimum absolute atomic E-state index is 0.222. The fraction of sp³-hybridized carbons (Fsp3) is 0.400. The second-order valence-electron chi connectivity index (χ2n) is 7.29. The molecule has 1 fully saturated rings. The van der Waals surface area contributed by atoms with Gasteiger partial charge in [-0.3, -0.25) is 9.69 Å². The number of nitrogens with one attached hydrogen (secondary N) is 1. The molecule has 0 radical (unpaired) electrons. The third kappa shape index (κ3) is 4.18. The zero-order chi connectivity index (χ0) is 18.9. The van der Waals surface area contributed by atoms with Gasteiger partial charge in [0.15, 0.2) is 5.60 Å². The van der Waals surface area contributed by atoms with E-state index in [2.05, 4.69) is 33.7 Å². The molecule has 4 rings (SSSR count). The fourth-order valence-electron chi connectivity index (χ4n) is 3.73. The molecule has 142 valence electrons. The predicted octanol–water partition coefficient (Wildman–Crippen LogP) is 4.46. The Labute approximate surface area is 168 Å². The molecular weight excluding hydrogens is 382 g/mol. The maximum absolute atomic E-state index is 12.6. The summed E-state index contributed by atoms with van der Waals surface area (Å²) in [4.78, 5) is 22.2. The molecule has 3 heterocycles. The van der Waals surface area contributed by atoms with Gasteiger partial charge < -0.3 is 10.2 Å². The first-order valence-electron chi connectivity index (χ1n) is 9.10. The number of nitrogens with zero attached hydrogens (tertiary/aromatic N) is 2. The fourth-order valence-corrected chi connectivity index (χ4v) is 4.86. The van der Waals surface area contributed by atoms with Crippen molar-refractivity contribution in [3.63, 3.8) is 0 Å². The van der Waals surface area contributed by atoms with Crippen LogP contribution >= 0.6 is 22.9 Å². The first kappa shape index (κ1) is 18.5. The molecule has 1 unspecified atom stereocenters. The van der Waals surface area contributed by atoms with Crippen LogP contribution in [0.15, 0.2) is 40.9 Å². The number of halogens is 1. The average molecular weight is 404 g/mol. The van der Waals surface area contributed by atoms with E-state index in [1.807, 2.05) is 6.07 Å². The molecule has 1 saturated heterocycles. The highest BCUT2D eigenvalue weighted by atomic mass is 35.5. The third-order valence-corrected chi connectivity index (χ3v) is 6.38. The summed E-state index contributed by atoms with van der Waals surface area (Å²) in [6.07, 6.45) is 2.51. The summed E-state index contributed by atoms with van der Waals surface area (Å²) < 4.78 is 0. The molecule has 1 atom stereocenters. The predicted molar refractivity (Wildman–Crippen MR) is 110 cm³/mol. The zero-order valence-corrected chi connectivity index (χ0v) is 16.8. The van der Waals surface area contributed by atoms with E-state index in [0.717, 1.165) is 32.5 Å². The lowest BCUT2D eigenvalue weighted by atomic mass is 9.88. The number of hydrogen-bond donors (Lipinski definition) is 1. The van der Waals surface area contributed by atoms with Crippen molar-refractivity contribution in [2.75, 3.05) is 18.4 Å². The van der Waals surface area contributed by atoms with E-state index in [1.54, 1.807) is 29.5 Å². The minimum Gasteiger partial charge on any atom is -0.387 e. The van der Waals surface area contributed by atoms with Crippen LogP contribution in [0.1, 0.15) is 29.7 Å². The number of anilines is 1. The molecule has 2 aromatic rings. The molecule has 7 heteroatoms. The Morgan fingerprint density at radius 2 is 2.33 bits per heavy atom. The number of amides is 1. The average Bonchev–Trinajstić information content (AvgIpc) is 3.22. The van der Waals surface area contributed by atoms with Crippen molar-refractivity contribution in [3.05, 3.63) is 51.2 Å². The van der Waals surface area contributed by atoms with Crippen molar-refractivity contribution in [3.8, 4) is 0 Å². The number of carbonyl (C=O) groups excluding carboxylic acids is 1. The van der Waals surface area contributed by atoms with Gasteiger partial charge in [0.1, 0.15) is 5.71 Å². The van der Waals surface area contributed by atoms with Gasteiger partial charge in [-0.15, -0.1) is 11.3 Å². The van der Waals surface area contributed by atoms with Crippen molar-refractivity contribution in [2.24, 2.45) is 5.16 Å². The summed E-state index contributed by atoms with van der Waals surface area (Å²) in [5.74, 6) is -0.222. The van der Waals surface area contributed by atoms with E-state index in [1.165, 1.54) is 10.4 Å². The van der Waals surface area contributed by atoms with E-state index < -0.39 is 0 Å². The molecule has 1 aromatic heterocycles. The summed E-state index contributed by atoms with van der Waals surface area (Å²) >= 11 is 7.77. The normalized spacial score (nSPS) is 22.5. The summed E-state index contributed by atoms with van der Waals surface area (Å²) in [5.41, 5.74) is 2.06. The second-order valence-corrected chi connectivity index (χ2v) is 8.73. The van der Waals surface area contributed by atoms with Gasteiger partial charge in [0.25, 0.3) is 5.91 Å². The molecule has 1 aromatic carbocycles. The molecular formula is C20H22ClN3O2S. The van der Waals surface area contributed by atoms with Crippen molar-refractivity contribution in [1.82, 2.24) is 4.90 Å². The Balaban J connectivity index is 1.38. The van der Waals surface area contributed by atoms with Crippen LogP contribution in [0.4, 0.5) is 5.69 Å². The topological polar surface area (TPSA) is 53.9 Å². The smallest absolute Gasteiger partial charge is 0.273 e. The van der Waals surface area contributed by atoms with Gasteiger partial charge in [0.2, 0.25) is 0 Å². The maximum Gasteiger partial charge on any atom is 0.273 e. The summed E-state index contributed by atoms with van der Waals surface area (Å²) in [6.45, 7) is 4.92. The van der Waals surface area contributed by atoms with Gasteiger partial charge in [-0.05, 0) is 61.5 Å². The number of aryl methyl sites for hydroxylation is 1. The number of likely N-dealkylation sites (tertiary alicyclic amines) is 1. The largest absolute Gasteiger partial charge is 0.387 e. The molecule has 2 aliphatic rings. The quantitative estimate of drug-likeness (QED) is 0.819. The van der Waals surface area contributed by atoms with Crippen LogP contribution in [0.25, 0.3) is 0 Å². The molecule has 5 nitrogen and oxygen atoms in total. The van der Waals surface area contributed by atoms with E-state index in [4.69, 9.17) is 16.4 Å². The number of rotatable bonds is 4. The van der Waals surface area contributed by atoms with Gasteiger partial charge in [0, 0.05) is 35.1 Å². The standard InChI is InChI=1S/C20H22ClN3O2S/c1-14-6-9-27-18(14)12-24-8-3-7-20(13-24)11-17(23-26-20)19(25)22-16-5-2-4-15(21)10-16/h2,4-6,9-10H,3,7-8,11-13H2,1H3,(H,22,25). The van der Waals surface area contributed by atoms with Gasteiger partial charge in [-0.25, -0.2) is 0 Å². The van der Waals surface area contributed by atoms with Gasteiger partial charge in [-0.1, -0.05) is 22.8 Å². The SMILES string of the molecule is Cc1ccsc1CN1CCCC2(CC(C(=O)Nc3cccc(Cl)c3)=NO2)C1. The molecule has 1 amide bonds. The van der Waals surface area contributed by atoms with Crippen LogP contribution in [0, 0.1) is 6.92 Å². The lowest BCUT2D eigenvalue weighted by Crippen LogP contribution is -2.48. The summed E-state index contributed by atoms with van der Waals surface area (Å²) in [5, 5.41) is 9.70. The van der Waals surface area contributed by atoms with Gasteiger partial charge >= 0.3 is 0 Å². The Bertz CT molecular complexity index is 882. The number of hydrogen-bond acceptors (Lipinski definition) is 5. The number of carbonyl (C=O) groups is 1. The van der Waals surface area contributed by atoms with Crippen molar-refractivity contribution >= 4 is 40.2 Å². The summed E-state index contributed by atoms with van der Waals surface area (Å²) in [7, 11) is 0. The highest BCUT2D eigenvalue weighted by Gasteiger charge is 2.44. The Hall–Kier alpha value is -1.89. The highest BCUT2D eigenvalue weighted by molar-refractivity contribution is 7.10. The number of oxime groups is 1. The number of thiophene rings is 1. The number of piperidine rings is 1. The molecule has 0 bridgehead atoms. The maximum atomic E-state index is 12.6. The van der Waals surface area contributed by atoms with Gasteiger partial charge in [-0.2, -0.15) is 0 Å². The van der Waals surface area contributed by atoms with E-state index in [0.29, 0.717) is 22.8 Å². The monoisotopic (exact) mass is 403 g/mol. The Kier molecular flexibility index (Phi) is 5.21. The zero-order valence-electron chi connectivity index (χ0n) is 15.2. The molecule has 2 aliphatic heterocycles. The lowest BCUT2D eigenvalue weighted by Gasteiger charge is -2.38. The molecule has 0 saturated carbocycles. The van der Waals surface area contributed by atoms with Crippen LogP contribution in [-0.2, 0) is 16.2 Å². The second kappa shape index (κ2) is 7.62. The van der Waals surface area contributed by atoms with Crippen LogP contribution in [0.2, 0.25) is 5.02 Å². The summed E-state index contributed by atoms with van der Waals surface area (Å²) in [6, 6.07) is 9.26. The minimum atomic E-state index is -0.385. The van der Waals surface area contributed by atoms with Crippen LogP contribution in [0.5, 0.6) is 0 Å². The lowest BCUT2D eigenvalue weighted by molar-refractivity contribution is -0.110. The molecule has 1 spiro atoms. The number of benzene rings is 1. The first-order valence-corrected chi connectivity index (χ1v) is 10.4. The first-order chi connectivity index (χ1) is 13.0. The third-order valence-electron chi connectivity index (χ3n) is 5.14. The highest BCUT2D eigenvalue weighted by Crippen LogP contribution is 2.35. The van der Waals surface area contributed by atoms with Crippen LogP contribution in [-0.4, -0.2) is 35.2 Å². The van der Waals surface area contributed by atoms with E-state index >= 15 is 0 Å². The molecule has 0 aliphatic carbocycles. The van der Waals surface area contributed by atoms with Crippen molar-refractivity contribution in [1.29, 1.82) is 0 Å². The molecule has 1 N–H and O–H groups in total. The van der Waals surface area contributed by atoms with Crippen molar-refractivity contribution < 1.29 is 9.63 Å². The van der Waals surface area contributed by atoms with Crippen molar-refractivity contribution in [2.45, 2.75) is 38.3 Å². The van der Waals surface area contributed by atoms with Gasteiger partial charge in [0.05, 0.1) is 0 Å². The van der Waals surface area contributed by atoms with Crippen LogP contribution < -0.4 is 5.32 Å². The Morgan fingerprint density at radius 1 is 1.44 bits per heavy atom. The van der Waals surface area contributed by atoms with Crippen LogP contribution in [0.3, 0.4) is 0 Å².